The van der Waals surface area contributed by atoms with E-state index in [0.29, 0.717) is 0 Å². The van der Waals surface area contributed by atoms with Crippen molar-refractivity contribution in [3.63, 3.8) is 0 Å². The molecule has 0 saturated carbocycles. The lowest BCUT2D eigenvalue weighted by Gasteiger charge is -2.17. The molecule has 0 aliphatic heterocycles. The van der Waals surface area contributed by atoms with E-state index in [9.17, 15) is 0 Å². The van der Waals surface area contributed by atoms with Gasteiger partial charge < -0.3 is 10.1 Å². The summed E-state index contributed by atoms with van der Waals surface area (Å²) >= 11 is 6.30. The highest BCUT2D eigenvalue weighted by Gasteiger charge is 2.10. The standard InChI is InChI=1S/C15H24ClNO/c1-5-7-11(3)18-13-8-9-14(15(16)10-13)12(4)17-6-2/h8-12,17H,5-7H2,1-4H3. The van der Waals surface area contributed by atoms with Crippen molar-refractivity contribution in [3.05, 3.63) is 28.8 Å². The quantitative estimate of drug-likeness (QED) is 0.782. The zero-order chi connectivity index (χ0) is 13.5. The molecule has 102 valence electrons. The van der Waals surface area contributed by atoms with Crippen molar-refractivity contribution >= 4 is 11.6 Å². The predicted molar refractivity (Wildman–Crippen MR) is 78.5 cm³/mol. The first kappa shape index (κ1) is 15.3. The van der Waals surface area contributed by atoms with E-state index in [0.717, 1.165) is 35.7 Å². The van der Waals surface area contributed by atoms with Crippen LogP contribution in [0.1, 0.15) is 52.1 Å². The first-order valence-corrected chi connectivity index (χ1v) is 7.15. The molecule has 0 amide bonds. The van der Waals surface area contributed by atoms with E-state index < -0.39 is 0 Å². The predicted octanol–water partition coefficient (Wildman–Crippen LogP) is 4.58. The lowest BCUT2D eigenvalue weighted by Crippen LogP contribution is -2.18. The Morgan fingerprint density at radius 1 is 1.28 bits per heavy atom. The summed E-state index contributed by atoms with van der Waals surface area (Å²) in [7, 11) is 0. The van der Waals surface area contributed by atoms with Crippen LogP contribution in [0.5, 0.6) is 5.75 Å². The Bertz CT molecular complexity index is 368. The average molecular weight is 270 g/mol. The van der Waals surface area contributed by atoms with Gasteiger partial charge in [0, 0.05) is 11.1 Å². The Balaban J connectivity index is 2.72. The molecule has 0 heterocycles. The highest BCUT2D eigenvalue weighted by atomic mass is 35.5. The van der Waals surface area contributed by atoms with Gasteiger partial charge in [0.15, 0.2) is 0 Å². The van der Waals surface area contributed by atoms with Gasteiger partial charge in [0.1, 0.15) is 5.75 Å². The van der Waals surface area contributed by atoms with Crippen molar-refractivity contribution in [1.82, 2.24) is 5.32 Å². The number of nitrogens with one attached hydrogen (secondary N) is 1. The van der Waals surface area contributed by atoms with Crippen LogP contribution in [0, 0.1) is 0 Å². The third-order valence-corrected chi connectivity index (χ3v) is 3.31. The molecule has 2 unspecified atom stereocenters. The Kier molecular flexibility index (Phi) is 6.51. The molecule has 0 spiro atoms. The van der Waals surface area contributed by atoms with Gasteiger partial charge in [-0.05, 0) is 44.5 Å². The third kappa shape index (κ3) is 4.51. The SMILES string of the molecule is CCCC(C)Oc1ccc(C(C)NCC)c(Cl)c1. The fraction of sp³-hybridized carbons (Fsp3) is 0.600. The van der Waals surface area contributed by atoms with Crippen LogP contribution in [0.15, 0.2) is 18.2 Å². The number of halogens is 1. The highest BCUT2D eigenvalue weighted by Crippen LogP contribution is 2.28. The lowest BCUT2D eigenvalue weighted by atomic mass is 10.1. The molecule has 0 fully saturated rings. The van der Waals surface area contributed by atoms with Crippen LogP contribution >= 0.6 is 11.6 Å². The maximum absolute atomic E-state index is 6.30. The van der Waals surface area contributed by atoms with Gasteiger partial charge in [-0.15, -0.1) is 0 Å². The number of rotatable bonds is 7. The molecule has 2 nitrogen and oxygen atoms in total. The minimum absolute atomic E-state index is 0.239. The molecule has 0 aromatic heterocycles. The number of hydrogen-bond acceptors (Lipinski definition) is 2. The van der Waals surface area contributed by atoms with Crippen molar-refractivity contribution in [2.45, 2.75) is 52.7 Å². The Morgan fingerprint density at radius 3 is 2.56 bits per heavy atom. The molecular formula is C15H24ClNO. The lowest BCUT2D eigenvalue weighted by molar-refractivity contribution is 0.210. The smallest absolute Gasteiger partial charge is 0.121 e. The molecule has 1 aromatic rings. The molecule has 0 aliphatic rings. The molecule has 1 aromatic carbocycles. The van der Waals surface area contributed by atoms with Crippen LogP contribution in [-0.2, 0) is 0 Å². The first-order chi connectivity index (χ1) is 8.58. The second-order valence-corrected chi connectivity index (χ2v) is 5.09. The summed E-state index contributed by atoms with van der Waals surface area (Å²) in [6.07, 6.45) is 2.43. The van der Waals surface area contributed by atoms with E-state index in [2.05, 4.69) is 33.0 Å². The van der Waals surface area contributed by atoms with Gasteiger partial charge in [0.05, 0.1) is 6.10 Å². The van der Waals surface area contributed by atoms with Gasteiger partial charge in [-0.25, -0.2) is 0 Å². The zero-order valence-electron chi connectivity index (χ0n) is 11.8. The van der Waals surface area contributed by atoms with Gasteiger partial charge in [-0.3, -0.25) is 0 Å². The van der Waals surface area contributed by atoms with Crippen molar-refractivity contribution < 1.29 is 4.74 Å². The molecule has 1 N–H and O–H groups in total. The summed E-state index contributed by atoms with van der Waals surface area (Å²) in [5, 5.41) is 4.13. The second kappa shape index (κ2) is 7.65. The number of hydrogen-bond donors (Lipinski definition) is 1. The van der Waals surface area contributed by atoms with Crippen LogP contribution in [-0.4, -0.2) is 12.6 Å². The Morgan fingerprint density at radius 2 is 2.00 bits per heavy atom. The number of benzene rings is 1. The molecular weight excluding hydrogens is 246 g/mol. The van der Waals surface area contributed by atoms with Crippen molar-refractivity contribution in [2.24, 2.45) is 0 Å². The van der Waals surface area contributed by atoms with Gasteiger partial charge in [0.25, 0.3) is 0 Å². The molecule has 0 aliphatic carbocycles. The summed E-state index contributed by atoms with van der Waals surface area (Å²) < 4.78 is 5.83. The molecule has 18 heavy (non-hydrogen) atoms. The zero-order valence-corrected chi connectivity index (χ0v) is 12.6. The van der Waals surface area contributed by atoms with Crippen LogP contribution in [0.4, 0.5) is 0 Å². The second-order valence-electron chi connectivity index (χ2n) is 4.68. The molecule has 2 atom stereocenters. The maximum Gasteiger partial charge on any atom is 0.121 e. The normalized spacial score (nSPS) is 14.3. The summed E-state index contributed by atoms with van der Waals surface area (Å²) in [6.45, 7) is 9.39. The minimum Gasteiger partial charge on any atom is -0.491 e. The summed E-state index contributed by atoms with van der Waals surface area (Å²) in [5.74, 6) is 0.855. The average Bonchev–Trinajstić information content (AvgIpc) is 2.29. The van der Waals surface area contributed by atoms with E-state index in [4.69, 9.17) is 16.3 Å². The van der Waals surface area contributed by atoms with Crippen molar-refractivity contribution in [1.29, 1.82) is 0 Å². The largest absolute Gasteiger partial charge is 0.491 e. The maximum atomic E-state index is 6.30. The van der Waals surface area contributed by atoms with Crippen LogP contribution < -0.4 is 10.1 Å². The first-order valence-electron chi connectivity index (χ1n) is 6.77. The van der Waals surface area contributed by atoms with E-state index in [-0.39, 0.29) is 12.1 Å². The van der Waals surface area contributed by atoms with E-state index in [1.807, 2.05) is 18.2 Å². The van der Waals surface area contributed by atoms with Crippen LogP contribution in [0.3, 0.4) is 0 Å². The minimum atomic E-state index is 0.239. The summed E-state index contributed by atoms with van der Waals surface area (Å²) in [4.78, 5) is 0. The summed E-state index contributed by atoms with van der Waals surface area (Å²) in [5.41, 5.74) is 1.12. The van der Waals surface area contributed by atoms with E-state index >= 15 is 0 Å². The molecule has 1 rings (SSSR count). The van der Waals surface area contributed by atoms with Crippen molar-refractivity contribution in [2.75, 3.05) is 6.54 Å². The molecule has 3 heteroatoms. The number of ether oxygens (including phenoxy) is 1. The van der Waals surface area contributed by atoms with Gasteiger partial charge in [-0.2, -0.15) is 0 Å². The topological polar surface area (TPSA) is 21.3 Å². The monoisotopic (exact) mass is 269 g/mol. The fourth-order valence-corrected chi connectivity index (χ4v) is 2.38. The Hall–Kier alpha value is -0.730. The third-order valence-electron chi connectivity index (χ3n) is 2.98. The Labute approximate surface area is 116 Å². The van der Waals surface area contributed by atoms with E-state index in [1.165, 1.54) is 0 Å². The van der Waals surface area contributed by atoms with E-state index in [1.54, 1.807) is 0 Å². The van der Waals surface area contributed by atoms with Gasteiger partial charge >= 0.3 is 0 Å². The fourth-order valence-electron chi connectivity index (χ4n) is 2.05. The molecule has 0 bridgehead atoms. The van der Waals surface area contributed by atoms with Gasteiger partial charge in [-0.1, -0.05) is 37.9 Å². The molecule has 0 saturated heterocycles. The highest BCUT2D eigenvalue weighted by molar-refractivity contribution is 6.31. The van der Waals surface area contributed by atoms with Crippen molar-refractivity contribution in [3.8, 4) is 5.75 Å². The van der Waals surface area contributed by atoms with Gasteiger partial charge in [0.2, 0.25) is 0 Å². The molecule has 0 radical (unpaired) electrons. The summed E-state index contributed by atoms with van der Waals surface area (Å²) in [6, 6.07) is 6.23. The van der Waals surface area contributed by atoms with Crippen LogP contribution in [0.25, 0.3) is 0 Å². The van der Waals surface area contributed by atoms with Crippen LogP contribution in [0.2, 0.25) is 5.02 Å².